The molecule has 2 aromatic carbocycles. The number of hydrogen-bond acceptors (Lipinski definition) is 5. The van der Waals surface area contributed by atoms with Gasteiger partial charge in [0.1, 0.15) is 23.9 Å². The van der Waals surface area contributed by atoms with Gasteiger partial charge in [-0.1, -0.05) is 45.0 Å². The van der Waals surface area contributed by atoms with Gasteiger partial charge in [0.25, 0.3) is 0 Å². The first-order chi connectivity index (χ1) is 18.6. The van der Waals surface area contributed by atoms with Crippen molar-refractivity contribution < 1.29 is 18.4 Å². The van der Waals surface area contributed by atoms with Crippen molar-refractivity contribution in [2.75, 3.05) is 17.2 Å². The smallest absolute Gasteiger partial charge is 0.240 e. The average Bonchev–Trinajstić information content (AvgIpc) is 3.53. The number of aryl methyl sites for hydroxylation is 1. The van der Waals surface area contributed by atoms with E-state index in [1.807, 2.05) is 12.1 Å². The summed E-state index contributed by atoms with van der Waals surface area (Å²) in [5, 5.41) is 7.69. The molecule has 4 aromatic rings. The van der Waals surface area contributed by atoms with Gasteiger partial charge >= 0.3 is 0 Å². The van der Waals surface area contributed by atoms with E-state index in [2.05, 4.69) is 45.1 Å². The highest BCUT2D eigenvalue weighted by atomic mass is 32.2. The van der Waals surface area contributed by atoms with Crippen molar-refractivity contribution >= 4 is 29.4 Å². The standard InChI is InChI=1S/C30H31FN4O3S/c1-19-8-5-6-10-23(19)27-26-28(30(2,3)4)33-35(21-13-11-20(31)12-14-21)29(26)34(25(37)18-39-27)17-24(36)32-16-22-9-7-15-38-22/h5-15,27H,16-18H2,1-4H3,(H,32,36)/t27-/m0/s1. The number of thioether (sulfide) groups is 1. The summed E-state index contributed by atoms with van der Waals surface area (Å²) in [5.41, 5.74) is 4.12. The average molecular weight is 547 g/mol. The van der Waals surface area contributed by atoms with Crippen LogP contribution in [-0.4, -0.2) is 33.9 Å². The number of carbonyl (C=O) groups excluding carboxylic acids is 2. The Kier molecular flexibility index (Phi) is 7.36. The molecule has 1 atom stereocenters. The topological polar surface area (TPSA) is 80.4 Å². The first kappa shape index (κ1) is 26.7. The Morgan fingerprint density at radius 2 is 1.87 bits per heavy atom. The molecular formula is C30H31FN4O3S. The maximum Gasteiger partial charge on any atom is 0.240 e. The van der Waals surface area contributed by atoms with E-state index >= 15 is 0 Å². The molecular weight excluding hydrogens is 515 g/mol. The molecule has 9 heteroatoms. The van der Waals surface area contributed by atoms with Gasteiger partial charge in [-0.2, -0.15) is 5.10 Å². The van der Waals surface area contributed by atoms with E-state index in [1.54, 1.807) is 35.2 Å². The monoisotopic (exact) mass is 546 g/mol. The largest absolute Gasteiger partial charge is 0.467 e. The van der Waals surface area contributed by atoms with Crippen molar-refractivity contribution in [3.63, 3.8) is 0 Å². The maximum absolute atomic E-state index is 13.9. The zero-order valence-electron chi connectivity index (χ0n) is 22.4. The third kappa shape index (κ3) is 5.49. The first-order valence-corrected chi connectivity index (χ1v) is 13.8. The molecule has 1 N–H and O–H groups in total. The van der Waals surface area contributed by atoms with Crippen molar-refractivity contribution in [2.45, 2.75) is 44.9 Å². The van der Waals surface area contributed by atoms with Crippen molar-refractivity contribution in [2.24, 2.45) is 0 Å². The maximum atomic E-state index is 13.9. The molecule has 2 aromatic heterocycles. The Bertz CT molecular complexity index is 1490. The van der Waals surface area contributed by atoms with E-state index in [1.165, 1.54) is 28.8 Å². The lowest BCUT2D eigenvalue weighted by Gasteiger charge is -2.25. The van der Waals surface area contributed by atoms with Crippen LogP contribution < -0.4 is 10.2 Å². The van der Waals surface area contributed by atoms with Crippen molar-refractivity contribution in [3.8, 4) is 5.69 Å². The van der Waals surface area contributed by atoms with Gasteiger partial charge in [-0.3, -0.25) is 14.5 Å². The fourth-order valence-corrected chi connectivity index (χ4v) is 6.05. The summed E-state index contributed by atoms with van der Waals surface area (Å²) in [6.45, 7) is 8.32. The van der Waals surface area contributed by atoms with Crippen LogP contribution in [0.1, 0.15) is 54.2 Å². The highest BCUT2D eigenvalue weighted by Gasteiger charge is 2.40. The van der Waals surface area contributed by atoms with Crippen LogP contribution in [0.3, 0.4) is 0 Å². The van der Waals surface area contributed by atoms with Gasteiger partial charge in [-0.15, -0.1) is 11.8 Å². The van der Waals surface area contributed by atoms with Gasteiger partial charge in [0.2, 0.25) is 11.8 Å². The van der Waals surface area contributed by atoms with E-state index in [4.69, 9.17) is 9.52 Å². The molecule has 202 valence electrons. The molecule has 1 aliphatic heterocycles. The number of nitrogens with zero attached hydrogens (tertiary/aromatic N) is 3. The summed E-state index contributed by atoms with van der Waals surface area (Å²) >= 11 is 1.53. The summed E-state index contributed by atoms with van der Waals surface area (Å²) in [4.78, 5) is 28.4. The number of amides is 2. The summed E-state index contributed by atoms with van der Waals surface area (Å²) in [6.07, 6.45) is 1.55. The first-order valence-electron chi connectivity index (χ1n) is 12.8. The minimum Gasteiger partial charge on any atom is -0.467 e. The highest BCUT2D eigenvalue weighted by molar-refractivity contribution is 8.00. The lowest BCUT2D eigenvalue weighted by atomic mass is 9.86. The van der Waals surface area contributed by atoms with Gasteiger partial charge in [0.05, 0.1) is 35.2 Å². The third-order valence-corrected chi connectivity index (χ3v) is 7.92. The van der Waals surface area contributed by atoms with E-state index in [-0.39, 0.29) is 47.1 Å². The summed E-state index contributed by atoms with van der Waals surface area (Å²) in [6, 6.07) is 17.7. The Labute approximate surface area is 231 Å². The zero-order valence-corrected chi connectivity index (χ0v) is 23.2. The number of rotatable bonds is 6. The quantitative estimate of drug-likeness (QED) is 0.336. The van der Waals surface area contributed by atoms with Crippen molar-refractivity contribution in [1.82, 2.24) is 15.1 Å². The molecule has 0 radical (unpaired) electrons. The number of halogens is 1. The number of hydrogen-bond donors (Lipinski definition) is 1. The lowest BCUT2D eigenvalue weighted by Crippen LogP contribution is -2.42. The Hall–Kier alpha value is -3.85. The van der Waals surface area contributed by atoms with Crippen molar-refractivity contribution in [3.05, 3.63) is 101 Å². The van der Waals surface area contributed by atoms with Gasteiger partial charge in [-0.05, 0) is 54.4 Å². The molecule has 0 aliphatic carbocycles. The predicted octanol–water partition coefficient (Wildman–Crippen LogP) is 5.70. The number of aromatic nitrogens is 2. The van der Waals surface area contributed by atoms with Crippen LogP contribution in [-0.2, 0) is 21.5 Å². The van der Waals surface area contributed by atoms with Crippen LogP contribution in [0.25, 0.3) is 5.69 Å². The van der Waals surface area contributed by atoms with E-state index in [0.29, 0.717) is 17.3 Å². The number of furan rings is 1. The number of benzene rings is 2. The molecule has 0 bridgehead atoms. The molecule has 2 amide bonds. The molecule has 0 saturated carbocycles. The van der Waals surface area contributed by atoms with Crippen LogP contribution in [0.15, 0.2) is 71.3 Å². The highest BCUT2D eigenvalue weighted by Crippen LogP contribution is 2.49. The fourth-order valence-electron chi connectivity index (χ4n) is 4.76. The van der Waals surface area contributed by atoms with Gasteiger partial charge in [0.15, 0.2) is 0 Å². The van der Waals surface area contributed by atoms with Crippen LogP contribution in [0.4, 0.5) is 10.2 Å². The normalized spacial score (nSPS) is 15.7. The number of nitrogens with one attached hydrogen (secondary N) is 1. The van der Waals surface area contributed by atoms with Gasteiger partial charge < -0.3 is 9.73 Å². The Morgan fingerprint density at radius 3 is 2.54 bits per heavy atom. The molecule has 3 heterocycles. The molecule has 7 nitrogen and oxygen atoms in total. The number of fused-ring (bicyclic) bond motifs is 1. The fraction of sp³-hybridized carbons (Fsp3) is 0.300. The second-order valence-corrected chi connectivity index (χ2v) is 11.7. The van der Waals surface area contributed by atoms with Crippen LogP contribution in [0, 0.1) is 12.7 Å². The molecule has 0 unspecified atom stereocenters. The van der Waals surface area contributed by atoms with Gasteiger partial charge in [0, 0.05) is 11.0 Å². The van der Waals surface area contributed by atoms with Crippen LogP contribution in [0.5, 0.6) is 0 Å². The SMILES string of the molecule is Cc1ccccc1[C@@H]1SCC(=O)N(CC(=O)NCc2ccco2)c2c1c(C(C)(C)C)nn2-c1ccc(F)cc1. The van der Waals surface area contributed by atoms with Crippen molar-refractivity contribution in [1.29, 1.82) is 0 Å². The molecule has 39 heavy (non-hydrogen) atoms. The lowest BCUT2D eigenvalue weighted by molar-refractivity contribution is -0.123. The minimum absolute atomic E-state index is 0.187. The summed E-state index contributed by atoms with van der Waals surface area (Å²) in [5.74, 6) is 0.442. The third-order valence-electron chi connectivity index (χ3n) is 6.68. The van der Waals surface area contributed by atoms with E-state index in [0.717, 1.165) is 22.4 Å². The van der Waals surface area contributed by atoms with Crippen LogP contribution >= 0.6 is 11.8 Å². The van der Waals surface area contributed by atoms with E-state index < -0.39 is 0 Å². The van der Waals surface area contributed by atoms with Crippen LogP contribution in [0.2, 0.25) is 0 Å². The summed E-state index contributed by atoms with van der Waals surface area (Å²) < 4.78 is 20.9. The molecule has 0 spiro atoms. The predicted molar refractivity (Wildman–Crippen MR) is 151 cm³/mol. The summed E-state index contributed by atoms with van der Waals surface area (Å²) in [7, 11) is 0. The second kappa shape index (κ2) is 10.7. The zero-order chi connectivity index (χ0) is 27.7. The molecule has 5 rings (SSSR count). The number of anilines is 1. The molecule has 0 fully saturated rings. The molecule has 1 aliphatic rings. The number of carbonyl (C=O) groups is 2. The Morgan fingerprint density at radius 1 is 1.13 bits per heavy atom. The van der Waals surface area contributed by atoms with Gasteiger partial charge in [-0.25, -0.2) is 9.07 Å². The Balaban J connectivity index is 1.68. The molecule has 0 saturated heterocycles. The minimum atomic E-state index is -0.378. The second-order valence-electron chi connectivity index (χ2n) is 10.6. The van der Waals surface area contributed by atoms with E-state index in [9.17, 15) is 14.0 Å².